The molecule has 0 atom stereocenters. The summed E-state index contributed by atoms with van der Waals surface area (Å²) < 4.78 is 5.09. The normalized spacial score (nSPS) is 9.83. The summed E-state index contributed by atoms with van der Waals surface area (Å²) in [5.74, 6) is 0. The predicted molar refractivity (Wildman–Crippen MR) is 73.9 cm³/mol. The molecule has 1 N–H and O–H groups in total. The molecule has 0 bridgehead atoms. The van der Waals surface area contributed by atoms with Crippen molar-refractivity contribution in [3.05, 3.63) is 60.2 Å². The Morgan fingerprint density at radius 2 is 1.72 bits per heavy atom. The van der Waals surface area contributed by atoms with Gasteiger partial charge < -0.3 is 4.74 Å². The molecule has 4 heteroatoms. The molecule has 0 spiro atoms. The number of nitrogens with one attached hydrogen (secondary N) is 1. The third kappa shape index (κ3) is 3.82. The number of amides is 1. The van der Waals surface area contributed by atoms with Gasteiger partial charge in [-0.15, -0.1) is 12.6 Å². The molecular formula is C14H13NO2S. The molecule has 0 radical (unpaired) electrons. The fourth-order valence-corrected chi connectivity index (χ4v) is 1.57. The fraction of sp³-hybridized carbons (Fsp3) is 0.0714. The van der Waals surface area contributed by atoms with Gasteiger partial charge in [0.2, 0.25) is 0 Å². The molecule has 0 fully saturated rings. The lowest BCUT2D eigenvalue weighted by Gasteiger charge is -2.07. The lowest BCUT2D eigenvalue weighted by molar-refractivity contribution is 0.155. The molecule has 3 nitrogen and oxygen atoms in total. The molecule has 0 heterocycles. The van der Waals surface area contributed by atoms with Gasteiger partial charge in [-0.1, -0.05) is 30.3 Å². The number of hydrogen-bond donors (Lipinski definition) is 2. The molecule has 2 rings (SSSR count). The second kappa shape index (κ2) is 6.12. The maximum absolute atomic E-state index is 11.5. The highest BCUT2D eigenvalue weighted by Gasteiger charge is 2.03. The van der Waals surface area contributed by atoms with Crippen molar-refractivity contribution in [2.75, 3.05) is 5.32 Å². The second-order valence-electron chi connectivity index (χ2n) is 3.73. The van der Waals surface area contributed by atoms with Crippen LogP contribution in [0.4, 0.5) is 10.5 Å². The van der Waals surface area contributed by atoms with Crippen LogP contribution in [0.25, 0.3) is 0 Å². The number of carbonyl (C=O) groups is 1. The Balaban J connectivity index is 1.84. The van der Waals surface area contributed by atoms with Gasteiger partial charge in [0.1, 0.15) is 6.61 Å². The minimum absolute atomic E-state index is 0.261. The van der Waals surface area contributed by atoms with E-state index >= 15 is 0 Å². The first-order valence-corrected chi connectivity index (χ1v) is 5.95. The van der Waals surface area contributed by atoms with Gasteiger partial charge in [-0.05, 0) is 29.8 Å². The van der Waals surface area contributed by atoms with Gasteiger partial charge in [-0.2, -0.15) is 0 Å². The first-order chi connectivity index (χ1) is 8.74. The summed E-state index contributed by atoms with van der Waals surface area (Å²) in [5.41, 5.74) is 1.64. The Kier molecular flexibility index (Phi) is 4.25. The highest BCUT2D eigenvalue weighted by molar-refractivity contribution is 7.80. The minimum Gasteiger partial charge on any atom is -0.444 e. The van der Waals surface area contributed by atoms with Crippen molar-refractivity contribution >= 4 is 24.4 Å². The van der Waals surface area contributed by atoms with Crippen LogP contribution < -0.4 is 5.32 Å². The van der Waals surface area contributed by atoms with Gasteiger partial charge in [0.05, 0.1) is 0 Å². The number of rotatable bonds is 3. The summed E-state index contributed by atoms with van der Waals surface area (Å²) >= 11 is 4.17. The maximum atomic E-state index is 11.5. The van der Waals surface area contributed by atoms with E-state index in [0.717, 1.165) is 10.5 Å². The van der Waals surface area contributed by atoms with Gasteiger partial charge in [-0.25, -0.2) is 4.79 Å². The number of benzene rings is 2. The van der Waals surface area contributed by atoms with Gasteiger partial charge in [0, 0.05) is 10.6 Å². The van der Waals surface area contributed by atoms with Crippen LogP contribution in [0.5, 0.6) is 0 Å². The average Bonchev–Trinajstić information content (AvgIpc) is 2.40. The Labute approximate surface area is 111 Å². The van der Waals surface area contributed by atoms with Crippen LogP contribution in [-0.2, 0) is 11.3 Å². The van der Waals surface area contributed by atoms with Crippen LogP contribution in [0.2, 0.25) is 0 Å². The van der Waals surface area contributed by atoms with Gasteiger partial charge in [0.15, 0.2) is 0 Å². The molecule has 0 saturated carbocycles. The molecular weight excluding hydrogens is 246 g/mol. The highest BCUT2D eigenvalue weighted by Crippen LogP contribution is 2.12. The zero-order chi connectivity index (χ0) is 12.8. The monoisotopic (exact) mass is 259 g/mol. The number of hydrogen-bond acceptors (Lipinski definition) is 3. The Morgan fingerprint density at radius 1 is 1.06 bits per heavy atom. The molecule has 0 aliphatic heterocycles. The summed E-state index contributed by atoms with van der Waals surface area (Å²) in [6.45, 7) is 0.261. The summed E-state index contributed by atoms with van der Waals surface area (Å²) in [7, 11) is 0. The second-order valence-corrected chi connectivity index (χ2v) is 4.25. The average molecular weight is 259 g/mol. The molecule has 0 aliphatic carbocycles. The van der Waals surface area contributed by atoms with Gasteiger partial charge in [0.25, 0.3) is 0 Å². The van der Waals surface area contributed by atoms with E-state index in [2.05, 4.69) is 17.9 Å². The van der Waals surface area contributed by atoms with E-state index in [4.69, 9.17) is 4.74 Å². The highest BCUT2D eigenvalue weighted by atomic mass is 32.1. The topological polar surface area (TPSA) is 38.3 Å². The van der Waals surface area contributed by atoms with E-state index in [9.17, 15) is 4.79 Å². The third-order valence-electron chi connectivity index (χ3n) is 2.33. The maximum Gasteiger partial charge on any atom is 0.411 e. The van der Waals surface area contributed by atoms with Crippen molar-refractivity contribution in [2.45, 2.75) is 11.5 Å². The largest absolute Gasteiger partial charge is 0.444 e. The van der Waals surface area contributed by atoms with E-state index in [0.29, 0.717) is 5.69 Å². The van der Waals surface area contributed by atoms with Crippen molar-refractivity contribution in [3.8, 4) is 0 Å². The Morgan fingerprint density at radius 3 is 2.39 bits per heavy atom. The van der Waals surface area contributed by atoms with Crippen LogP contribution in [-0.4, -0.2) is 6.09 Å². The quantitative estimate of drug-likeness (QED) is 0.824. The van der Waals surface area contributed by atoms with Crippen molar-refractivity contribution in [2.24, 2.45) is 0 Å². The summed E-state index contributed by atoms with van der Waals surface area (Å²) in [5, 5.41) is 2.64. The molecule has 1 amide bonds. The van der Waals surface area contributed by atoms with Crippen LogP contribution in [0.15, 0.2) is 59.5 Å². The molecule has 18 heavy (non-hydrogen) atoms. The molecule has 0 aromatic heterocycles. The smallest absolute Gasteiger partial charge is 0.411 e. The number of carbonyl (C=O) groups excluding carboxylic acids is 1. The molecule has 0 saturated heterocycles. The number of anilines is 1. The van der Waals surface area contributed by atoms with Gasteiger partial charge >= 0.3 is 6.09 Å². The molecule has 0 unspecified atom stereocenters. The summed E-state index contributed by atoms with van der Waals surface area (Å²) in [4.78, 5) is 12.4. The lowest BCUT2D eigenvalue weighted by Crippen LogP contribution is -2.13. The predicted octanol–water partition coefficient (Wildman–Crippen LogP) is 3.72. The lowest BCUT2D eigenvalue weighted by atomic mass is 10.2. The summed E-state index contributed by atoms with van der Waals surface area (Å²) in [6.07, 6.45) is -0.467. The van der Waals surface area contributed by atoms with Crippen molar-refractivity contribution < 1.29 is 9.53 Å². The zero-order valence-electron chi connectivity index (χ0n) is 9.67. The van der Waals surface area contributed by atoms with Crippen LogP contribution >= 0.6 is 12.6 Å². The first kappa shape index (κ1) is 12.5. The van der Waals surface area contributed by atoms with E-state index < -0.39 is 6.09 Å². The molecule has 0 aliphatic rings. The standard InChI is InChI=1S/C14H13NO2S/c16-14(15-12-6-8-13(18)9-7-12)17-10-11-4-2-1-3-5-11/h1-9,18H,10H2,(H,15,16). The first-order valence-electron chi connectivity index (χ1n) is 5.51. The molecule has 2 aromatic rings. The minimum atomic E-state index is -0.467. The Bertz CT molecular complexity index is 511. The van der Waals surface area contributed by atoms with E-state index in [-0.39, 0.29) is 6.61 Å². The van der Waals surface area contributed by atoms with E-state index in [1.54, 1.807) is 24.3 Å². The van der Waals surface area contributed by atoms with E-state index in [1.807, 2.05) is 30.3 Å². The summed E-state index contributed by atoms with van der Waals surface area (Å²) in [6, 6.07) is 16.7. The van der Waals surface area contributed by atoms with Crippen LogP contribution in [0.3, 0.4) is 0 Å². The third-order valence-corrected chi connectivity index (χ3v) is 2.62. The van der Waals surface area contributed by atoms with Crippen molar-refractivity contribution in [1.29, 1.82) is 0 Å². The van der Waals surface area contributed by atoms with Crippen LogP contribution in [0.1, 0.15) is 5.56 Å². The van der Waals surface area contributed by atoms with Crippen LogP contribution in [0, 0.1) is 0 Å². The number of thiol groups is 1. The zero-order valence-corrected chi connectivity index (χ0v) is 10.6. The van der Waals surface area contributed by atoms with Gasteiger partial charge in [-0.3, -0.25) is 5.32 Å². The molecule has 2 aromatic carbocycles. The van der Waals surface area contributed by atoms with Crippen molar-refractivity contribution in [3.63, 3.8) is 0 Å². The number of ether oxygens (including phenoxy) is 1. The van der Waals surface area contributed by atoms with E-state index in [1.165, 1.54) is 0 Å². The fourth-order valence-electron chi connectivity index (χ4n) is 1.42. The molecule has 92 valence electrons. The van der Waals surface area contributed by atoms with Crippen molar-refractivity contribution in [1.82, 2.24) is 0 Å². The Hall–Kier alpha value is -1.94. The SMILES string of the molecule is O=C(Nc1ccc(S)cc1)OCc1ccccc1.